The topological polar surface area (TPSA) is 82.6 Å². The van der Waals surface area contributed by atoms with Gasteiger partial charge in [0.1, 0.15) is 0 Å². The average molecular weight is 481 g/mol. The zero-order valence-corrected chi connectivity index (χ0v) is 20.3. The molecule has 2 aromatic heterocycles. The fourth-order valence-corrected chi connectivity index (χ4v) is 6.57. The molecule has 2 aliphatic heterocycles. The number of nitrogens with zero attached hydrogens (tertiary/aromatic N) is 3. The van der Waals surface area contributed by atoms with Crippen molar-refractivity contribution in [3.63, 3.8) is 0 Å². The van der Waals surface area contributed by atoms with Crippen molar-refractivity contribution in [2.75, 3.05) is 19.6 Å². The van der Waals surface area contributed by atoms with E-state index in [-0.39, 0.29) is 29.7 Å². The lowest BCUT2D eigenvalue weighted by atomic mass is 9.74. The highest BCUT2D eigenvalue weighted by atomic mass is 32.1. The summed E-state index contributed by atoms with van der Waals surface area (Å²) in [5.41, 5.74) is -0.586. The molecule has 4 heterocycles. The molecular formula is C26H32N4O3S. The molecule has 3 aliphatic rings. The van der Waals surface area contributed by atoms with Crippen LogP contribution in [0.5, 0.6) is 0 Å². The Bertz CT molecular complexity index is 1010. The molecule has 0 radical (unpaired) electrons. The third-order valence-electron chi connectivity index (χ3n) is 7.74. The number of imide groups is 1. The van der Waals surface area contributed by atoms with Gasteiger partial charge >= 0.3 is 6.03 Å². The van der Waals surface area contributed by atoms with Gasteiger partial charge in [-0.15, -0.1) is 11.3 Å². The lowest BCUT2D eigenvalue weighted by Crippen LogP contribution is -2.55. The molecular weight excluding hydrogens is 448 g/mol. The summed E-state index contributed by atoms with van der Waals surface area (Å²) in [6, 6.07) is 9.16. The van der Waals surface area contributed by atoms with E-state index in [4.69, 9.17) is 0 Å². The maximum Gasteiger partial charge on any atom is 0.325 e. The van der Waals surface area contributed by atoms with Crippen molar-refractivity contribution in [1.82, 2.24) is 20.1 Å². The fraction of sp³-hybridized carbons (Fsp3) is 0.538. The summed E-state index contributed by atoms with van der Waals surface area (Å²) in [5.74, 6) is 0.0887. The fourth-order valence-electron chi connectivity index (χ4n) is 5.87. The van der Waals surface area contributed by atoms with Gasteiger partial charge in [-0.2, -0.15) is 0 Å². The van der Waals surface area contributed by atoms with Gasteiger partial charge in [-0.25, -0.2) is 4.79 Å². The number of amides is 4. The Kier molecular flexibility index (Phi) is 6.68. The van der Waals surface area contributed by atoms with E-state index in [0.29, 0.717) is 44.6 Å². The SMILES string of the molecule is O=C(C1CCCCC1)N1CCC([C@@]2(c3ccccn3)NC(=O)N(CCc3cccs3)C2=O)CC1. The predicted octanol–water partition coefficient (Wildman–Crippen LogP) is 3.95. The van der Waals surface area contributed by atoms with Crippen LogP contribution in [0.1, 0.15) is 55.5 Å². The maximum absolute atomic E-state index is 13.9. The molecule has 1 atom stereocenters. The second kappa shape index (κ2) is 9.86. The number of urea groups is 1. The second-order valence-corrected chi connectivity index (χ2v) is 10.7. The van der Waals surface area contributed by atoms with Gasteiger partial charge in [0, 0.05) is 42.5 Å². The van der Waals surface area contributed by atoms with Gasteiger partial charge in [-0.05, 0) is 55.7 Å². The van der Waals surface area contributed by atoms with Crippen LogP contribution in [0.15, 0.2) is 41.9 Å². The van der Waals surface area contributed by atoms with Crippen molar-refractivity contribution in [1.29, 1.82) is 0 Å². The molecule has 7 nitrogen and oxygen atoms in total. The Labute approximate surface area is 204 Å². The first-order valence-corrected chi connectivity index (χ1v) is 13.3. The van der Waals surface area contributed by atoms with E-state index in [0.717, 1.165) is 30.6 Å². The number of piperidine rings is 1. The number of hydrogen-bond acceptors (Lipinski definition) is 5. The number of carbonyl (C=O) groups excluding carboxylic acids is 3. The van der Waals surface area contributed by atoms with E-state index in [1.165, 1.54) is 11.3 Å². The Hall–Kier alpha value is -2.74. The van der Waals surface area contributed by atoms with Crippen molar-refractivity contribution >= 4 is 29.2 Å². The van der Waals surface area contributed by atoms with Crippen molar-refractivity contribution in [3.05, 3.63) is 52.5 Å². The third kappa shape index (κ3) is 4.24. The zero-order valence-electron chi connectivity index (χ0n) is 19.4. The molecule has 0 aromatic carbocycles. The number of carbonyl (C=O) groups is 3. The van der Waals surface area contributed by atoms with Gasteiger partial charge in [0.15, 0.2) is 5.54 Å². The summed E-state index contributed by atoms with van der Waals surface area (Å²) in [5, 5.41) is 5.07. The normalized spacial score (nSPS) is 24.5. The minimum Gasteiger partial charge on any atom is -0.342 e. The van der Waals surface area contributed by atoms with Crippen LogP contribution in [0.3, 0.4) is 0 Å². The number of hydrogen-bond donors (Lipinski definition) is 1. The van der Waals surface area contributed by atoms with Crippen LogP contribution >= 0.6 is 11.3 Å². The van der Waals surface area contributed by atoms with Crippen LogP contribution in [0.2, 0.25) is 0 Å². The summed E-state index contributed by atoms with van der Waals surface area (Å²) >= 11 is 1.63. The first kappa shape index (κ1) is 23.0. The highest BCUT2D eigenvalue weighted by Crippen LogP contribution is 2.41. The number of thiophene rings is 1. The third-order valence-corrected chi connectivity index (χ3v) is 8.67. The molecule has 2 aromatic rings. The summed E-state index contributed by atoms with van der Waals surface area (Å²) in [4.78, 5) is 49.0. The summed E-state index contributed by atoms with van der Waals surface area (Å²) in [7, 11) is 0. The quantitative estimate of drug-likeness (QED) is 0.635. The van der Waals surface area contributed by atoms with Crippen molar-refractivity contribution in [3.8, 4) is 0 Å². The van der Waals surface area contributed by atoms with Gasteiger partial charge in [-0.3, -0.25) is 19.5 Å². The van der Waals surface area contributed by atoms with E-state index in [1.54, 1.807) is 17.5 Å². The Morgan fingerprint density at radius 1 is 1.06 bits per heavy atom. The lowest BCUT2D eigenvalue weighted by molar-refractivity contribution is -0.139. The van der Waals surface area contributed by atoms with Gasteiger partial charge in [0.25, 0.3) is 5.91 Å². The van der Waals surface area contributed by atoms with Crippen molar-refractivity contribution < 1.29 is 14.4 Å². The molecule has 4 amide bonds. The minimum absolute atomic E-state index is 0.110. The minimum atomic E-state index is -1.17. The van der Waals surface area contributed by atoms with Gasteiger partial charge in [-0.1, -0.05) is 31.4 Å². The largest absolute Gasteiger partial charge is 0.342 e. The molecule has 34 heavy (non-hydrogen) atoms. The first-order chi connectivity index (χ1) is 16.6. The first-order valence-electron chi connectivity index (χ1n) is 12.5. The molecule has 180 valence electrons. The van der Waals surface area contributed by atoms with E-state index in [9.17, 15) is 14.4 Å². The average Bonchev–Trinajstić information content (AvgIpc) is 3.50. The molecule has 0 spiro atoms. The van der Waals surface area contributed by atoms with Crippen LogP contribution in [-0.2, 0) is 21.5 Å². The smallest absolute Gasteiger partial charge is 0.325 e. The summed E-state index contributed by atoms with van der Waals surface area (Å²) in [6.07, 6.45) is 9.13. The van der Waals surface area contributed by atoms with Gasteiger partial charge in [0.2, 0.25) is 5.91 Å². The van der Waals surface area contributed by atoms with Crippen LogP contribution in [-0.4, -0.2) is 52.3 Å². The summed E-state index contributed by atoms with van der Waals surface area (Å²) < 4.78 is 0. The van der Waals surface area contributed by atoms with Crippen LogP contribution in [0.4, 0.5) is 4.79 Å². The number of likely N-dealkylation sites (tertiary alicyclic amines) is 1. The van der Waals surface area contributed by atoms with Crippen LogP contribution in [0.25, 0.3) is 0 Å². The van der Waals surface area contributed by atoms with Crippen molar-refractivity contribution in [2.45, 2.75) is 56.9 Å². The lowest BCUT2D eigenvalue weighted by Gasteiger charge is -2.41. The molecule has 3 fully saturated rings. The van der Waals surface area contributed by atoms with E-state index in [1.807, 2.05) is 40.6 Å². The monoisotopic (exact) mass is 480 g/mol. The highest BCUT2D eigenvalue weighted by Gasteiger charge is 2.58. The van der Waals surface area contributed by atoms with Gasteiger partial charge < -0.3 is 10.2 Å². The van der Waals surface area contributed by atoms with Crippen molar-refractivity contribution in [2.24, 2.45) is 11.8 Å². The summed E-state index contributed by atoms with van der Waals surface area (Å²) in [6.45, 7) is 1.58. The molecule has 2 saturated heterocycles. The predicted molar refractivity (Wildman–Crippen MR) is 130 cm³/mol. The standard InChI is InChI=1S/C26H32N4O3S/c31-23(19-7-2-1-3-8-19)29-15-11-20(12-16-29)26(22-10-4-5-14-27-22)24(32)30(25(33)28-26)17-13-21-9-6-18-34-21/h4-6,9-10,14,18-20H,1-3,7-8,11-13,15-17H2,(H,28,33)/t26-/m0/s1. The Morgan fingerprint density at radius 2 is 1.85 bits per heavy atom. The Balaban J connectivity index is 1.34. The molecule has 1 aliphatic carbocycles. The molecule has 1 saturated carbocycles. The zero-order chi connectivity index (χ0) is 23.5. The molecule has 5 rings (SSSR count). The molecule has 0 bridgehead atoms. The van der Waals surface area contributed by atoms with Crippen LogP contribution < -0.4 is 5.32 Å². The number of pyridine rings is 1. The van der Waals surface area contributed by atoms with E-state index >= 15 is 0 Å². The molecule has 0 unspecified atom stereocenters. The van der Waals surface area contributed by atoms with E-state index < -0.39 is 5.54 Å². The second-order valence-electron chi connectivity index (χ2n) is 9.67. The number of rotatable bonds is 6. The maximum atomic E-state index is 13.9. The molecule has 8 heteroatoms. The van der Waals surface area contributed by atoms with E-state index in [2.05, 4.69) is 10.3 Å². The van der Waals surface area contributed by atoms with Gasteiger partial charge in [0.05, 0.1) is 5.69 Å². The van der Waals surface area contributed by atoms with Crippen LogP contribution in [0, 0.1) is 11.8 Å². The molecule has 1 N–H and O–H groups in total. The highest BCUT2D eigenvalue weighted by molar-refractivity contribution is 7.09. The Morgan fingerprint density at radius 3 is 2.53 bits per heavy atom. The number of nitrogens with one attached hydrogen (secondary N) is 1. The number of aromatic nitrogens is 1.